The smallest absolute Gasteiger partial charge is 0.244 e. The van der Waals surface area contributed by atoms with Crippen LogP contribution < -0.4 is 9.64 Å². The Morgan fingerprint density at radius 1 is 1.03 bits per heavy atom. The lowest BCUT2D eigenvalue weighted by Gasteiger charge is -2.19. The van der Waals surface area contributed by atoms with Crippen molar-refractivity contribution in [3.63, 3.8) is 0 Å². The van der Waals surface area contributed by atoms with E-state index in [2.05, 4.69) is 9.97 Å². The van der Waals surface area contributed by atoms with E-state index in [0.717, 1.165) is 10.2 Å². The summed E-state index contributed by atoms with van der Waals surface area (Å²) in [5, 5.41) is 0.432. The summed E-state index contributed by atoms with van der Waals surface area (Å²) >= 11 is 1.33. The van der Waals surface area contributed by atoms with Crippen molar-refractivity contribution in [1.82, 2.24) is 9.97 Å². The number of fused-ring (bicyclic) bond motifs is 1. The Balaban J connectivity index is 1.65. The van der Waals surface area contributed by atoms with Crippen LogP contribution in [0.15, 0.2) is 77.8 Å². The van der Waals surface area contributed by atoms with Gasteiger partial charge in [0.05, 0.1) is 34.5 Å². The maximum atomic E-state index is 13.2. The van der Waals surface area contributed by atoms with Gasteiger partial charge in [0, 0.05) is 6.20 Å². The molecule has 158 valence electrons. The fourth-order valence-corrected chi connectivity index (χ4v) is 5.18. The third-order valence-electron chi connectivity index (χ3n) is 4.59. The van der Waals surface area contributed by atoms with E-state index in [1.54, 1.807) is 30.5 Å². The van der Waals surface area contributed by atoms with Crippen molar-refractivity contribution in [3.05, 3.63) is 78.6 Å². The largest absolute Gasteiger partial charge is 0.497 e. The Morgan fingerprint density at radius 3 is 2.45 bits per heavy atom. The molecular weight excluding hydrogens is 434 g/mol. The van der Waals surface area contributed by atoms with E-state index in [9.17, 15) is 13.2 Å². The summed E-state index contributed by atoms with van der Waals surface area (Å²) in [7, 11) is -2.35. The molecule has 0 saturated heterocycles. The molecule has 0 spiro atoms. The van der Waals surface area contributed by atoms with E-state index in [1.807, 2.05) is 30.3 Å². The highest BCUT2D eigenvalue weighted by Crippen LogP contribution is 2.30. The standard InChI is InChI=1S/C22H19N3O4S2/c1-29-17-9-11-18(12-10-17)31(27,28)15-21(26)25(14-16-6-4-5-13-23-16)22-24-19-7-2-3-8-20(19)30-22/h2-13H,14-15H2,1H3. The van der Waals surface area contributed by atoms with Gasteiger partial charge in [0.25, 0.3) is 0 Å². The highest BCUT2D eigenvalue weighted by molar-refractivity contribution is 7.92. The lowest BCUT2D eigenvalue weighted by Crippen LogP contribution is -2.35. The van der Waals surface area contributed by atoms with E-state index in [1.165, 1.54) is 35.5 Å². The molecule has 0 fully saturated rings. The van der Waals surface area contributed by atoms with Crippen molar-refractivity contribution in [2.75, 3.05) is 17.8 Å². The minimum Gasteiger partial charge on any atom is -0.497 e. The van der Waals surface area contributed by atoms with Crippen LogP contribution in [0.1, 0.15) is 5.69 Å². The van der Waals surface area contributed by atoms with Gasteiger partial charge >= 0.3 is 0 Å². The van der Waals surface area contributed by atoms with Gasteiger partial charge in [-0.2, -0.15) is 0 Å². The first kappa shape index (κ1) is 21.0. The monoisotopic (exact) mass is 453 g/mol. The Bertz CT molecular complexity index is 1270. The van der Waals surface area contributed by atoms with Gasteiger partial charge in [-0.25, -0.2) is 13.4 Å². The maximum Gasteiger partial charge on any atom is 0.244 e. The summed E-state index contributed by atoms with van der Waals surface area (Å²) in [6.45, 7) is 0.123. The number of methoxy groups -OCH3 is 1. The summed E-state index contributed by atoms with van der Waals surface area (Å²) in [4.78, 5) is 23.5. The normalized spacial score (nSPS) is 11.4. The summed E-state index contributed by atoms with van der Waals surface area (Å²) in [6, 6.07) is 18.9. The first-order valence-electron chi connectivity index (χ1n) is 9.39. The van der Waals surface area contributed by atoms with Gasteiger partial charge in [-0.05, 0) is 48.5 Å². The fourth-order valence-electron chi connectivity index (χ4n) is 3.00. The number of carbonyl (C=O) groups excluding carboxylic acids is 1. The van der Waals surface area contributed by atoms with Crippen LogP contribution in [0.3, 0.4) is 0 Å². The zero-order chi connectivity index (χ0) is 21.8. The zero-order valence-corrected chi connectivity index (χ0v) is 18.3. The zero-order valence-electron chi connectivity index (χ0n) is 16.6. The molecule has 0 radical (unpaired) electrons. The molecule has 4 aromatic rings. The topological polar surface area (TPSA) is 89.5 Å². The third-order valence-corrected chi connectivity index (χ3v) is 7.27. The molecule has 31 heavy (non-hydrogen) atoms. The van der Waals surface area contributed by atoms with Gasteiger partial charge in [0.2, 0.25) is 5.91 Å². The number of ether oxygens (including phenoxy) is 1. The summed E-state index contributed by atoms with van der Waals surface area (Å²) in [5.41, 5.74) is 1.39. The highest BCUT2D eigenvalue weighted by atomic mass is 32.2. The molecular formula is C22H19N3O4S2. The number of thiazole rings is 1. The quantitative estimate of drug-likeness (QED) is 0.424. The van der Waals surface area contributed by atoms with Crippen LogP contribution in [0.25, 0.3) is 10.2 Å². The van der Waals surface area contributed by atoms with Gasteiger partial charge in [0.1, 0.15) is 11.5 Å². The van der Waals surface area contributed by atoms with Crippen molar-refractivity contribution in [3.8, 4) is 5.75 Å². The molecule has 0 unspecified atom stereocenters. The van der Waals surface area contributed by atoms with Crippen molar-refractivity contribution in [2.24, 2.45) is 0 Å². The van der Waals surface area contributed by atoms with E-state index in [-0.39, 0.29) is 11.4 Å². The number of sulfone groups is 1. The molecule has 0 atom stereocenters. The van der Waals surface area contributed by atoms with Crippen LogP contribution in [-0.2, 0) is 21.2 Å². The molecule has 2 aromatic heterocycles. The predicted molar refractivity (Wildman–Crippen MR) is 120 cm³/mol. The number of carbonyl (C=O) groups is 1. The Labute approximate surface area is 183 Å². The van der Waals surface area contributed by atoms with Gasteiger partial charge in [0.15, 0.2) is 15.0 Å². The maximum absolute atomic E-state index is 13.2. The number of para-hydroxylation sites is 1. The van der Waals surface area contributed by atoms with Gasteiger partial charge < -0.3 is 4.74 Å². The molecule has 0 aliphatic carbocycles. The SMILES string of the molecule is COc1ccc(S(=O)(=O)CC(=O)N(Cc2ccccn2)c2nc3ccccc3s2)cc1. The van der Waals surface area contributed by atoms with Crippen molar-refractivity contribution in [1.29, 1.82) is 0 Å². The molecule has 0 aliphatic heterocycles. The molecule has 9 heteroatoms. The Hall–Kier alpha value is -3.30. The lowest BCUT2D eigenvalue weighted by molar-refractivity contribution is -0.116. The summed E-state index contributed by atoms with van der Waals surface area (Å²) in [5.74, 6) is -0.709. The molecule has 0 bridgehead atoms. The molecule has 1 amide bonds. The highest BCUT2D eigenvalue weighted by Gasteiger charge is 2.27. The minimum absolute atomic E-state index is 0.0590. The van der Waals surface area contributed by atoms with E-state index in [4.69, 9.17) is 4.74 Å². The average molecular weight is 454 g/mol. The first-order chi connectivity index (χ1) is 15.0. The number of benzene rings is 2. The second-order valence-corrected chi connectivity index (χ2v) is 9.70. The molecule has 4 rings (SSSR count). The van der Waals surface area contributed by atoms with Crippen LogP contribution in [0.2, 0.25) is 0 Å². The molecule has 0 N–H and O–H groups in total. The first-order valence-corrected chi connectivity index (χ1v) is 11.9. The number of hydrogen-bond donors (Lipinski definition) is 0. The predicted octanol–water partition coefficient (Wildman–Crippen LogP) is 3.71. The number of rotatable bonds is 7. The average Bonchev–Trinajstić information content (AvgIpc) is 3.21. The summed E-state index contributed by atoms with van der Waals surface area (Å²) in [6.07, 6.45) is 1.63. The molecule has 7 nitrogen and oxygen atoms in total. The van der Waals surface area contributed by atoms with Crippen molar-refractivity contribution < 1.29 is 17.9 Å². The number of anilines is 1. The van der Waals surface area contributed by atoms with Gasteiger partial charge in [-0.3, -0.25) is 14.7 Å². The second kappa shape index (κ2) is 8.83. The number of hydrogen-bond acceptors (Lipinski definition) is 7. The Kier molecular flexibility index (Phi) is 5.97. The Morgan fingerprint density at radius 2 is 1.77 bits per heavy atom. The number of amides is 1. The van der Waals surface area contributed by atoms with E-state index < -0.39 is 21.5 Å². The molecule has 2 heterocycles. The second-order valence-electron chi connectivity index (χ2n) is 6.70. The van der Waals surface area contributed by atoms with E-state index in [0.29, 0.717) is 16.6 Å². The molecule has 0 aliphatic rings. The lowest BCUT2D eigenvalue weighted by atomic mass is 10.3. The minimum atomic E-state index is -3.85. The number of aromatic nitrogens is 2. The molecule has 2 aromatic carbocycles. The molecule has 0 saturated carbocycles. The van der Waals surface area contributed by atoms with Crippen LogP contribution >= 0.6 is 11.3 Å². The summed E-state index contributed by atoms with van der Waals surface area (Å²) < 4.78 is 31.7. The van der Waals surface area contributed by atoms with Crippen LogP contribution in [0.4, 0.5) is 5.13 Å². The van der Waals surface area contributed by atoms with Crippen LogP contribution in [0.5, 0.6) is 5.75 Å². The van der Waals surface area contributed by atoms with Crippen molar-refractivity contribution in [2.45, 2.75) is 11.4 Å². The number of pyridine rings is 1. The van der Waals surface area contributed by atoms with Gasteiger partial charge in [-0.1, -0.05) is 29.5 Å². The van der Waals surface area contributed by atoms with Crippen LogP contribution in [0, 0.1) is 0 Å². The van der Waals surface area contributed by atoms with Gasteiger partial charge in [-0.15, -0.1) is 0 Å². The third kappa shape index (κ3) is 4.73. The van der Waals surface area contributed by atoms with Crippen LogP contribution in [-0.4, -0.2) is 37.2 Å². The number of nitrogens with zero attached hydrogens (tertiary/aromatic N) is 3. The van der Waals surface area contributed by atoms with Crippen molar-refractivity contribution >= 4 is 42.4 Å². The fraction of sp³-hybridized carbons (Fsp3) is 0.136. The van der Waals surface area contributed by atoms with E-state index >= 15 is 0 Å².